The molecule has 0 spiro atoms. The van der Waals surface area contributed by atoms with Crippen LogP contribution >= 0.6 is 15.9 Å². The number of aryl methyl sites for hydroxylation is 1. The van der Waals surface area contributed by atoms with Crippen molar-refractivity contribution in [1.29, 1.82) is 0 Å². The van der Waals surface area contributed by atoms with Gasteiger partial charge in [-0.3, -0.25) is 4.79 Å². The number of carbonyl (C=O) groups is 1. The van der Waals surface area contributed by atoms with Gasteiger partial charge in [0.25, 0.3) is 0 Å². The monoisotopic (exact) mass is 285 g/mol. The molecule has 2 nitrogen and oxygen atoms in total. The molecule has 0 aliphatic carbocycles. The maximum atomic E-state index is 13.0. The van der Waals surface area contributed by atoms with E-state index in [1.165, 1.54) is 12.1 Å². The second kappa shape index (κ2) is 4.53. The first kappa shape index (κ1) is 11.6. The van der Waals surface area contributed by atoms with Crippen LogP contribution < -0.4 is 4.90 Å². The zero-order valence-corrected chi connectivity index (χ0v) is 10.6. The van der Waals surface area contributed by atoms with E-state index in [2.05, 4.69) is 15.9 Å². The molecule has 0 saturated carbocycles. The van der Waals surface area contributed by atoms with E-state index in [-0.39, 0.29) is 11.7 Å². The Kier molecular flexibility index (Phi) is 3.28. The molecule has 2 rings (SSSR count). The Bertz CT molecular complexity index is 421. The van der Waals surface area contributed by atoms with Gasteiger partial charge >= 0.3 is 0 Å². The fourth-order valence-corrected chi connectivity index (χ4v) is 2.47. The molecule has 0 N–H and O–H groups in total. The number of hydrogen-bond donors (Lipinski definition) is 0. The average molecular weight is 286 g/mol. The quantitative estimate of drug-likeness (QED) is 0.765. The van der Waals surface area contributed by atoms with Gasteiger partial charge in [-0.25, -0.2) is 4.39 Å². The van der Waals surface area contributed by atoms with Crippen LogP contribution in [0.5, 0.6) is 0 Å². The van der Waals surface area contributed by atoms with E-state index in [4.69, 9.17) is 0 Å². The van der Waals surface area contributed by atoms with Crippen molar-refractivity contribution in [2.24, 2.45) is 5.92 Å². The Labute approximate surface area is 103 Å². The van der Waals surface area contributed by atoms with Crippen molar-refractivity contribution < 1.29 is 9.18 Å². The van der Waals surface area contributed by atoms with Crippen molar-refractivity contribution in [3.8, 4) is 0 Å². The molecular weight excluding hydrogens is 273 g/mol. The molecule has 1 aromatic carbocycles. The molecule has 1 heterocycles. The van der Waals surface area contributed by atoms with E-state index in [1.807, 2.05) is 6.92 Å². The van der Waals surface area contributed by atoms with Gasteiger partial charge in [-0.2, -0.15) is 0 Å². The molecule has 1 aliphatic rings. The van der Waals surface area contributed by atoms with E-state index in [1.54, 1.807) is 11.0 Å². The van der Waals surface area contributed by atoms with Gasteiger partial charge in [0.1, 0.15) is 5.82 Å². The van der Waals surface area contributed by atoms with Gasteiger partial charge in [0.15, 0.2) is 0 Å². The number of rotatable bonds is 2. The number of carbonyl (C=O) groups excluding carboxylic acids is 1. The van der Waals surface area contributed by atoms with Gasteiger partial charge in [0.05, 0.1) is 0 Å². The summed E-state index contributed by atoms with van der Waals surface area (Å²) in [4.78, 5) is 13.5. The highest BCUT2D eigenvalue weighted by atomic mass is 79.9. The lowest BCUT2D eigenvalue weighted by Crippen LogP contribution is -2.25. The first-order valence-electron chi connectivity index (χ1n) is 5.24. The second-order valence-electron chi connectivity index (χ2n) is 4.16. The van der Waals surface area contributed by atoms with Gasteiger partial charge in [-0.1, -0.05) is 15.9 Å². The Morgan fingerprint density at radius 1 is 1.56 bits per heavy atom. The zero-order chi connectivity index (χ0) is 11.7. The summed E-state index contributed by atoms with van der Waals surface area (Å²) in [5, 5.41) is 0.829. The highest BCUT2D eigenvalue weighted by Gasteiger charge is 2.30. The Balaban J connectivity index is 2.28. The molecule has 1 saturated heterocycles. The van der Waals surface area contributed by atoms with Crippen LogP contribution in [0.1, 0.15) is 12.0 Å². The lowest BCUT2D eigenvalue weighted by molar-refractivity contribution is -0.117. The predicted octanol–water partition coefficient (Wildman–Crippen LogP) is 2.88. The molecule has 0 bridgehead atoms. The number of hydrogen-bond acceptors (Lipinski definition) is 1. The number of amides is 1. The average Bonchev–Trinajstić information content (AvgIpc) is 2.60. The van der Waals surface area contributed by atoms with E-state index in [0.29, 0.717) is 12.3 Å². The van der Waals surface area contributed by atoms with Crippen molar-refractivity contribution in [3.63, 3.8) is 0 Å². The standard InChI is InChI=1S/C12H13BrFNO/c1-8-4-10(14)2-3-11(8)15-7-9(6-13)5-12(15)16/h2-4,9H,5-7H2,1H3. The van der Waals surface area contributed by atoms with Crippen molar-refractivity contribution in [3.05, 3.63) is 29.6 Å². The lowest BCUT2D eigenvalue weighted by Gasteiger charge is -2.18. The van der Waals surface area contributed by atoms with Gasteiger partial charge in [0.2, 0.25) is 5.91 Å². The molecule has 16 heavy (non-hydrogen) atoms. The van der Waals surface area contributed by atoms with Gasteiger partial charge in [-0.15, -0.1) is 0 Å². The van der Waals surface area contributed by atoms with Crippen LogP contribution in [0, 0.1) is 18.7 Å². The highest BCUT2D eigenvalue weighted by Crippen LogP contribution is 2.28. The van der Waals surface area contributed by atoms with E-state index < -0.39 is 0 Å². The highest BCUT2D eigenvalue weighted by molar-refractivity contribution is 9.09. The summed E-state index contributed by atoms with van der Waals surface area (Å²) in [5.41, 5.74) is 1.64. The molecule has 1 amide bonds. The third kappa shape index (κ3) is 2.12. The summed E-state index contributed by atoms with van der Waals surface area (Å²) in [6.07, 6.45) is 0.571. The lowest BCUT2D eigenvalue weighted by atomic mass is 10.1. The van der Waals surface area contributed by atoms with E-state index in [0.717, 1.165) is 23.1 Å². The molecule has 1 aliphatic heterocycles. The van der Waals surface area contributed by atoms with Crippen molar-refractivity contribution in [1.82, 2.24) is 0 Å². The molecule has 1 atom stereocenters. The number of alkyl halides is 1. The smallest absolute Gasteiger partial charge is 0.227 e. The van der Waals surface area contributed by atoms with Crippen LogP contribution in [0.4, 0.5) is 10.1 Å². The molecule has 1 unspecified atom stereocenters. The zero-order valence-electron chi connectivity index (χ0n) is 9.04. The molecule has 1 aromatic rings. The minimum absolute atomic E-state index is 0.124. The first-order chi connectivity index (χ1) is 7.61. The number of benzene rings is 1. The molecule has 0 radical (unpaired) electrons. The van der Waals surface area contributed by atoms with Crippen LogP contribution in [0.2, 0.25) is 0 Å². The summed E-state index contributed by atoms with van der Waals surface area (Å²) in [5.74, 6) is 0.223. The molecular formula is C12H13BrFNO. The van der Waals surface area contributed by atoms with Crippen LogP contribution in [0.15, 0.2) is 18.2 Å². The van der Waals surface area contributed by atoms with Crippen LogP contribution in [0.25, 0.3) is 0 Å². The van der Waals surface area contributed by atoms with Gasteiger partial charge in [-0.05, 0) is 36.6 Å². The Morgan fingerprint density at radius 2 is 2.31 bits per heavy atom. The predicted molar refractivity (Wildman–Crippen MR) is 65.4 cm³/mol. The number of nitrogens with zero attached hydrogens (tertiary/aromatic N) is 1. The first-order valence-corrected chi connectivity index (χ1v) is 6.36. The Morgan fingerprint density at radius 3 is 2.88 bits per heavy atom. The Hall–Kier alpha value is -0.900. The summed E-state index contributed by atoms with van der Waals surface area (Å²) in [6.45, 7) is 2.55. The third-order valence-corrected chi connectivity index (χ3v) is 3.79. The second-order valence-corrected chi connectivity index (χ2v) is 4.81. The summed E-state index contributed by atoms with van der Waals surface area (Å²) >= 11 is 3.39. The SMILES string of the molecule is Cc1cc(F)ccc1N1CC(CBr)CC1=O. The molecule has 86 valence electrons. The van der Waals surface area contributed by atoms with Crippen LogP contribution in [-0.2, 0) is 4.79 Å². The molecule has 4 heteroatoms. The van der Waals surface area contributed by atoms with E-state index in [9.17, 15) is 9.18 Å². The van der Waals surface area contributed by atoms with Crippen molar-refractivity contribution in [2.45, 2.75) is 13.3 Å². The topological polar surface area (TPSA) is 20.3 Å². The summed E-state index contributed by atoms with van der Waals surface area (Å²) in [7, 11) is 0. The fraction of sp³-hybridized carbons (Fsp3) is 0.417. The van der Waals surface area contributed by atoms with E-state index >= 15 is 0 Å². The van der Waals surface area contributed by atoms with Gasteiger partial charge < -0.3 is 4.90 Å². The number of anilines is 1. The molecule has 0 aromatic heterocycles. The normalized spacial score (nSPS) is 20.6. The summed E-state index contributed by atoms with van der Waals surface area (Å²) in [6, 6.07) is 4.54. The minimum atomic E-state index is -0.259. The minimum Gasteiger partial charge on any atom is -0.312 e. The molecule has 1 fully saturated rings. The number of halogens is 2. The van der Waals surface area contributed by atoms with Crippen molar-refractivity contribution in [2.75, 3.05) is 16.8 Å². The third-order valence-electron chi connectivity index (χ3n) is 2.87. The van der Waals surface area contributed by atoms with Crippen LogP contribution in [-0.4, -0.2) is 17.8 Å². The largest absolute Gasteiger partial charge is 0.312 e. The van der Waals surface area contributed by atoms with Crippen LogP contribution in [0.3, 0.4) is 0 Å². The van der Waals surface area contributed by atoms with Gasteiger partial charge in [0, 0.05) is 24.0 Å². The summed E-state index contributed by atoms with van der Waals surface area (Å²) < 4.78 is 13.0. The van der Waals surface area contributed by atoms with Crippen molar-refractivity contribution >= 4 is 27.5 Å². The maximum Gasteiger partial charge on any atom is 0.227 e. The fourth-order valence-electron chi connectivity index (χ4n) is 2.04. The maximum absolute atomic E-state index is 13.0.